The van der Waals surface area contributed by atoms with Crippen LogP contribution in [0.25, 0.3) is 0 Å². The van der Waals surface area contributed by atoms with Gasteiger partial charge in [0.15, 0.2) is 0 Å². The zero-order valence-corrected chi connectivity index (χ0v) is 11.0. The lowest BCUT2D eigenvalue weighted by Crippen LogP contribution is -2.48. The van der Waals surface area contributed by atoms with Crippen LogP contribution in [0.3, 0.4) is 0 Å². The van der Waals surface area contributed by atoms with E-state index in [1.165, 1.54) is 0 Å². The van der Waals surface area contributed by atoms with Crippen molar-refractivity contribution in [3.63, 3.8) is 0 Å². The van der Waals surface area contributed by atoms with E-state index in [4.69, 9.17) is 9.84 Å². The Balaban J connectivity index is 2.45. The molecule has 1 heterocycles. The zero-order chi connectivity index (χ0) is 13.5. The van der Waals surface area contributed by atoms with Gasteiger partial charge in [-0.25, -0.2) is 4.79 Å². The molecule has 6 heteroatoms. The predicted octanol–water partition coefficient (Wildman–Crippen LogP) is 1.06. The fourth-order valence-corrected chi connectivity index (χ4v) is 2.05. The van der Waals surface area contributed by atoms with Gasteiger partial charge in [0.05, 0.1) is 19.1 Å². The van der Waals surface area contributed by atoms with Gasteiger partial charge in [-0.05, 0) is 12.8 Å². The molecule has 1 rings (SSSR count). The molecule has 0 aromatic carbocycles. The summed E-state index contributed by atoms with van der Waals surface area (Å²) in [6.07, 6.45) is 2.32. The maximum atomic E-state index is 12.0. The van der Waals surface area contributed by atoms with Crippen LogP contribution in [0.15, 0.2) is 0 Å². The summed E-state index contributed by atoms with van der Waals surface area (Å²) in [5, 5.41) is 11.6. The maximum absolute atomic E-state index is 12.0. The van der Waals surface area contributed by atoms with Crippen LogP contribution in [-0.4, -0.2) is 54.4 Å². The third kappa shape index (κ3) is 4.52. The largest absolute Gasteiger partial charge is 0.481 e. The molecule has 104 valence electrons. The molecule has 2 N–H and O–H groups in total. The fraction of sp³-hybridized carbons (Fsp3) is 0.833. The number of nitrogens with zero attached hydrogens (tertiary/aromatic N) is 1. The van der Waals surface area contributed by atoms with Crippen molar-refractivity contribution in [1.82, 2.24) is 10.2 Å². The van der Waals surface area contributed by atoms with Crippen molar-refractivity contribution in [2.75, 3.05) is 20.3 Å². The predicted molar refractivity (Wildman–Crippen MR) is 66.5 cm³/mol. The second-order valence-electron chi connectivity index (χ2n) is 4.66. The minimum Gasteiger partial charge on any atom is -0.481 e. The zero-order valence-electron chi connectivity index (χ0n) is 11.0. The van der Waals surface area contributed by atoms with Crippen molar-refractivity contribution < 1.29 is 19.4 Å². The molecule has 2 unspecified atom stereocenters. The van der Waals surface area contributed by atoms with Gasteiger partial charge in [0.1, 0.15) is 0 Å². The van der Waals surface area contributed by atoms with E-state index in [2.05, 4.69) is 5.32 Å². The number of ether oxygens (including phenoxy) is 1. The minimum atomic E-state index is -0.888. The van der Waals surface area contributed by atoms with E-state index in [9.17, 15) is 9.59 Å². The second-order valence-corrected chi connectivity index (χ2v) is 4.66. The molecule has 2 atom stereocenters. The Bertz CT molecular complexity index is 290. The highest BCUT2D eigenvalue weighted by atomic mass is 16.5. The molecule has 0 aromatic rings. The molecular weight excluding hydrogens is 236 g/mol. The molecule has 0 bridgehead atoms. The molecule has 1 saturated heterocycles. The number of rotatable bonds is 6. The number of nitrogens with one attached hydrogen (secondary N) is 1. The summed E-state index contributed by atoms with van der Waals surface area (Å²) < 4.78 is 5.23. The number of likely N-dealkylation sites (N-methyl/N-ethyl adjacent to an activating group) is 1. The summed E-state index contributed by atoms with van der Waals surface area (Å²) in [6.45, 7) is 3.20. The van der Waals surface area contributed by atoms with E-state index >= 15 is 0 Å². The lowest BCUT2D eigenvalue weighted by molar-refractivity contribution is -0.137. The normalized spacial score (nSPS) is 20.4. The molecule has 1 aliphatic heterocycles. The first-order valence-corrected chi connectivity index (χ1v) is 6.37. The number of hydrogen-bond acceptors (Lipinski definition) is 3. The van der Waals surface area contributed by atoms with E-state index < -0.39 is 5.97 Å². The summed E-state index contributed by atoms with van der Waals surface area (Å²) in [5.74, 6) is -0.888. The third-order valence-electron chi connectivity index (χ3n) is 3.16. The number of carboxylic acid groups (broad SMARTS) is 1. The Morgan fingerprint density at radius 2 is 2.28 bits per heavy atom. The van der Waals surface area contributed by atoms with Crippen molar-refractivity contribution in [3.05, 3.63) is 0 Å². The van der Waals surface area contributed by atoms with Gasteiger partial charge in [0.25, 0.3) is 0 Å². The number of amides is 2. The van der Waals surface area contributed by atoms with E-state index in [0.717, 1.165) is 12.8 Å². The Morgan fingerprint density at radius 1 is 1.56 bits per heavy atom. The molecule has 1 fully saturated rings. The average molecular weight is 258 g/mol. The van der Waals surface area contributed by atoms with Crippen LogP contribution >= 0.6 is 0 Å². The van der Waals surface area contributed by atoms with Gasteiger partial charge in [-0.15, -0.1) is 0 Å². The maximum Gasteiger partial charge on any atom is 0.317 e. The first-order valence-electron chi connectivity index (χ1n) is 6.37. The SMILES string of the molecule is CCCC(CC(=O)O)NC(=O)N(C)C1CCOC1. The van der Waals surface area contributed by atoms with Gasteiger partial charge in [0.2, 0.25) is 0 Å². The van der Waals surface area contributed by atoms with Crippen LogP contribution in [-0.2, 0) is 9.53 Å². The van der Waals surface area contributed by atoms with Crippen LogP contribution in [0.2, 0.25) is 0 Å². The number of carbonyl (C=O) groups is 2. The second kappa shape index (κ2) is 7.20. The monoisotopic (exact) mass is 258 g/mol. The molecule has 0 saturated carbocycles. The van der Waals surface area contributed by atoms with Crippen LogP contribution in [0, 0.1) is 0 Å². The fourth-order valence-electron chi connectivity index (χ4n) is 2.05. The third-order valence-corrected chi connectivity index (χ3v) is 3.16. The van der Waals surface area contributed by atoms with Gasteiger partial charge in [-0.1, -0.05) is 13.3 Å². The lowest BCUT2D eigenvalue weighted by Gasteiger charge is -2.26. The number of carboxylic acids is 1. The number of carbonyl (C=O) groups excluding carboxylic acids is 1. The summed E-state index contributed by atoms with van der Waals surface area (Å²) in [5.41, 5.74) is 0. The lowest BCUT2D eigenvalue weighted by atomic mass is 10.1. The van der Waals surface area contributed by atoms with Gasteiger partial charge in [-0.2, -0.15) is 0 Å². The standard InChI is InChI=1S/C12H22N2O4/c1-3-4-9(7-11(15)16)13-12(17)14(2)10-5-6-18-8-10/h9-10H,3-8H2,1-2H3,(H,13,17)(H,15,16). The van der Waals surface area contributed by atoms with E-state index in [1.54, 1.807) is 11.9 Å². The van der Waals surface area contributed by atoms with Crippen molar-refractivity contribution in [3.8, 4) is 0 Å². The smallest absolute Gasteiger partial charge is 0.317 e. The van der Waals surface area contributed by atoms with Gasteiger partial charge in [0, 0.05) is 19.7 Å². The Hall–Kier alpha value is -1.30. The minimum absolute atomic E-state index is 0.0331. The summed E-state index contributed by atoms with van der Waals surface area (Å²) >= 11 is 0. The molecule has 2 amide bonds. The Morgan fingerprint density at radius 3 is 2.78 bits per heavy atom. The van der Waals surface area contributed by atoms with Crippen LogP contribution < -0.4 is 5.32 Å². The average Bonchev–Trinajstić information content (AvgIpc) is 2.80. The van der Waals surface area contributed by atoms with E-state index in [0.29, 0.717) is 19.6 Å². The van der Waals surface area contributed by atoms with Crippen molar-refractivity contribution in [2.24, 2.45) is 0 Å². The first kappa shape index (κ1) is 14.8. The van der Waals surface area contributed by atoms with Gasteiger partial charge < -0.3 is 20.1 Å². The summed E-state index contributed by atoms with van der Waals surface area (Å²) in [4.78, 5) is 24.3. The van der Waals surface area contributed by atoms with Crippen molar-refractivity contribution in [2.45, 2.75) is 44.7 Å². The molecule has 0 spiro atoms. The van der Waals surface area contributed by atoms with E-state index in [1.807, 2.05) is 6.92 Å². The van der Waals surface area contributed by atoms with Crippen LogP contribution in [0.5, 0.6) is 0 Å². The number of urea groups is 1. The van der Waals surface area contributed by atoms with E-state index in [-0.39, 0.29) is 24.5 Å². The quantitative estimate of drug-likeness (QED) is 0.746. The molecule has 0 aliphatic carbocycles. The Labute approximate surface area is 107 Å². The number of hydrogen-bond donors (Lipinski definition) is 2. The Kier molecular flexibility index (Phi) is 5.91. The molecule has 6 nitrogen and oxygen atoms in total. The molecule has 18 heavy (non-hydrogen) atoms. The highest BCUT2D eigenvalue weighted by Gasteiger charge is 2.25. The van der Waals surface area contributed by atoms with Crippen molar-refractivity contribution in [1.29, 1.82) is 0 Å². The van der Waals surface area contributed by atoms with Crippen LogP contribution in [0.4, 0.5) is 4.79 Å². The molecule has 0 radical (unpaired) electrons. The molecule has 0 aromatic heterocycles. The highest BCUT2D eigenvalue weighted by Crippen LogP contribution is 2.11. The van der Waals surface area contributed by atoms with Crippen LogP contribution in [0.1, 0.15) is 32.6 Å². The van der Waals surface area contributed by atoms with Gasteiger partial charge in [-0.3, -0.25) is 4.79 Å². The molecular formula is C12H22N2O4. The van der Waals surface area contributed by atoms with Crippen molar-refractivity contribution >= 4 is 12.0 Å². The first-order chi connectivity index (χ1) is 8.54. The topological polar surface area (TPSA) is 78.9 Å². The summed E-state index contributed by atoms with van der Waals surface area (Å²) in [7, 11) is 1.72. The summed E-state index contributed by atoms with van der Waals surface area (Å²) in [6, 6.07) is -0.424. The van der Waals surface area contributed by atoms with Gasteiger partial charge >= 0.3 is 12.0 Å². The number of aliphatic carboxylic acids is 1. The highest BCUT2D eigenvalue weighted by molar-refractivity contribution is 5.76. The molecule has 1 aliphatic rings.